The second kappa shape index (κ2) is 9.39. The Morgan fingerprint density at radius 3 is 2.81 bits per heavy atom. The van der Waals surface area contributed by atoms with Gasteiger partial charge in [-0.2, -0.15) is 10.1 Å². The van der Waals surface area contributed by atoms with Crippen molar-refractivity contribution in [2.24, 2.45) is 0 Å². The summed E-state index contributed by atoms with van der Waals surface area (Å²) in [6.07, 6.45) is 1.75. The van der Waals surface area contributed by atoms with Crippen LogP contribution in [0, 0.1) is 6.92 Å². The van der Waals surface area contributed by atoms with E-state index in [0.717, 1.165) is 66.6 Å². The van der Waals surface area contributed by atoms with Gasteiger partial charge in [-0.3, -0.25) is 14.8 Å². The Labute approximate surface area is 190 Å². The second-order valence-electron chi connectivity index (χ2n) is 8.28. The molecule has 0 aliphatic carbocycles. The Balaban J connectivity index is 1.20. The number of thiophene rings is 1. The molecule has 0 saturated carbocycles. The predicted octanol–water partition coefficient (Wildman–Crippen LogP) is 2.20. The van der Waals surface area contributed by atoms with Gasteiger partial charge in [0.1, 0.15) is 0 Å². The number of nitrogens with one attached hydrogen (secondary N) is 3. The maximum absolute atomic E-state index is 12.7. The number of hydrogen-bond acceptors (Lipinski definition) is 9. The Bertz CT molecular complexity index is 1070. The number of nitrogens with zero attached hydrogens (tertiary/aromatic N) is 5. The first kappa shape index (κ1) is 21.1. The molecule has 3 aromatic heterocycles. The molecule has 5 heterocycles. The van der Waals surface area contributed by atoms with Crippen molar-refractivity contribution in [1.82, 2.24) is 30.0 Å². The van der Waals surface area contributed by atoms with E-state index in [0.29, 0.717) is 25.7 Å². The third kappa shape index (κ3) is 4.84. The van der Waals surface area contributed by atoms with Gasteiger partial charge in [-0.1, -0.05) is 0 Å². The summed E-state index contributed by atoms with van der Waals surface area (Å²) in [6, 6.07) is 4.18. The maximum atomic E-state index is 12.7. The average molecular weight is 457 g/mol. The minimum Gasteiger partial charge on any atom is -0.379 e. The lowest BCUT2D eigenvalue weighted by Gasteiger charge is -2.34. The first-order valence-electron chi connectivity index (χ1n) is 11.0. The fraction of sp³-hybridized carbons (Fsp3) is 0.524. The van der Waals surface area contributed by atoms with Gasteiger partial charge in [0, 0.05) is 44.0 Å². The van der Waals surface area contributed by atoms with Gasteiger partial charge in [0.25, 0.3) is 0 Å². The summed E-state index contributed by atoms with van der Waals surface area (Å²) in [5.74, 6) is 2.29. The Kier molecular flexibility index (Phi) is 6.19. The van der Waals surface area contributed by atoms with Crippen LogP contribution in [0.25, 0.3) is 10.2 Å². The molecule has 10 nitrogen and oxygen atoms in total. The molecule has 0 unspecified atom stereocenters. The van der Waals surface area contributed by atoms with Crippen LogP contribution in [0.4, 0.5) is 17.6 Å². The number of morpholine rings is 1. The van der Waals surface area contributed by atoms with E-state index in [-0.39, 0.29) is 11.9 Å². The zero-order valence-corrected chi connectivity index (χ0v) is 19.0. The molecule has 170 valence electrons. The molecule has 32 heavy (non-hydrogen) atoms. The normalized spacial score (nSPS) is 18.2. The lowest BCUT2D eigenvalue weighted by molar-refractivity contribution is -0.134. The molecule has 0 aromatic carbocycles. The SMILES string of the molecule is Cc1cc(Nc2nc(NC3CCN(C(=O)CN4CCOCC4)CC3)nc3ccsc23)n[nH]1. The van der Waals surface area contributed by atoms with Crippen LogP contribution in [0.1, 0.15) is 18.5 Å². The van der Waals surface area contributed by atoms with Gasteiger partial charge in [-0.05, 0) is 31.2 Å². The number of carbonyl (C=O) groups excluding carboxylic acids is 1. The molecule has 3 N–H and O–H groups in total. The molecule has 5 rings (SSSR count). The van der Waals surface area contributed by atoms with Crippen molar-refractivity contribution >= 4 is 45.0 Å². The van der Waals surface area contributed by atoms with Gasteiger partial charge in [0.05, 0.1) is 30.0 Å². The third-order valence-electron chi connectivity index (χ3n) is 5.90. The molecule has 11 heteroatoms. The monoisotopic (exact) mass is 456 g/mol. The molecule has 2 aliphatic rings. The van der Waals surface area contributed by atoms with Gasteiger partial charge >= 0.3 is 0 Å². The number of anilines is 3. The Hall–Kier alpha value is -2.76. The van der Waals surface area contributed by atoms with Crippen LogP contribution in [-0.2, 0) is 9.53 Å². The van der Waals surface area contributed by atoms with E-state index in [1.165, 1.54) is 0 Å². The number of likely N-dealkylation sites (tertiary alicyclic amines) is 1. The smallest absolute Gasteiger partial charge is 0.236 e. The van der Waals surface area contributed by atoms with E-state index in [9.17, 15) is 4.79 Å². The summed E-state index contributed by atoms with van der Waals surface area (Å²) >= 11 is 1.60. The van der Waals surface area contributed by atoms with Gasteiger partial charge < -0.3 is 20.3 Å². The number of fused-ring (bicyclic) bond motifs is 1. The zero-order valence-electron chi connectivity index (χ0n) is 18.1. The summed E-state index contributed by atoms with van der Waals surface area (Å²) in [5.41, 5.74) is 1.89. The number of piperidine rings is 1. The van der Waals surface area contributed by atoms with Crippen molar-refractivity contribution in [3.63, 3.8) is 0 Å². The highest BCUT2D eigenvalue weighted by Gasteiger charge is 2.25. The second-order valence-corrected chi connectivity index (χ2v) is 9.20. The third-order valence-corrected chi connectivity index (χ3v) is 6.81. The molecular formula is C21H28N8O2S. The molecule has 0 bridgehead atoms. The molecule has 0 atom stereocenters. The number of H-pyrrole nitrogens is 1. The van der Waals surface area contributed by atoms with Crippen LogP contribution in [0.5, 0.6) is 0 Å². The zero-order chi connectivity index (χ0) is 21.9. The van der Waals surface area contributed by atoms with Crippen molar-refractivity contribution in [3.8, 4) is 0 Å². The van der Waals surface area contributed by atoms with Crippen LogP contribution in [-0.4, -0.2) is 87.9 Å². The minimum absolute atomic E-state index is 0.210. The number of ether oxygens (including phenoxy) is 1. The van der Waals surface area contributed by atoms with Crippen molar-refractivity contribution < 1.29 is 9.53 Å². The summed E-state index contributed by atoms with van der Waals surface area (Å²) in [7, 11) is 0. The largest absolute Gasteiger partial charge is 0.379 e. The van der Waals surface area contributed by atoms with E-state index in [1.807, 2.05) is 29.3 Å². The number of aryl methyl sites for hydroxylation is 1. The molecule has 2 aliphatic heterocycles. The fourth-order valence-corrected chi connectivity index (χ4v) is 4.90. The quantitative estimate of drug-likeness (QED) is 0.518. The number of carbonyl (C=O) groups is 1. The number of aromatic nitrogens is 4. The van der Waals surface area contributed by atoms with Crippen LogP contribution in [0.3, 0.4) is 0 Å². The van der Waals surface area contributed by atoms with Crippen molar-refractivity contribution in [1.29, 1.82) is 0 Å². The van der Waals surface area contributed by atoms with Crippen LogP contribution >= 0.6 is 11.3 Å². The molecule has 2 fully saturated rings. The summed E-state index contributed by atoms with van der Waals surface area (Å²) in [5, 5.41) is 16.0. The lowest BCUT2D eigenvalue weighted by atomic mass is 10.1. The van der Waals surface area contributed by atoms with Crippen LogP contribution in [0.2, 0.25) is 0 Å². The number of rotatable bonds is 6. The molecule has 0 spiro atoms. The molecule has 0 radical (unpaired) electrons. The van der Waals surface area contributed by atoms with Crippen molar-refractivity contribution in [3.05, 3.63) is 23.2 Å². The first-order valence-corrected chi connectivity index (χ1v) is 11.9. The Morgan fingerprint density at radius 1 is 1.25 bits per heavy atom. The number of amides is 1. The van der Waals surface area contributed by atoms with E-state index in [2.05, 4.69) is 30.7 Å². The summed E-state index contributed by atoms with van der Waals surface area (Å²) in [6.45, 7) is 7.04. The highest BCUT2D eigenvalue weighted by Crippen LogP contribution is 2.29. The summed E-state index contributed by atoms with van der Waals surface area (Å²) < 4.78 is 6.37. The van der Waals surface area contributed by atoms with Crippen LogP contribution < -0.4 is 10.6 Å². The van der Waals surface area contributed by atoms with E-state index in [4.69, 9.17) is 9.72 Å². The maximum Gasteiger partial charge on any atom is 0.236 e. The van der Waals surface area contributed by atoms with Gasteiger partial charge in [-0.15, -0.1) is 11.3 Å². The molecular weight excluding hydrogens is 428 g/mol. The van der Waals surface area contributed by atoms with Gasteiger partial charge in [-0.25, -0.2) is 4.98 Å². The van der Waals surface area contributed by atoms with Gasteiger partial charge in [0.2, 0.25) is 11.9 Å². The highest BCUT2D eigenvalue weighted by molar-refractivity contribution is 7.17. The van der Waals surface area contributed by atoms with E-state index >= 15 is 0 Å². The summed E-state index contributed by atoms with van der Waals surface area (Å²) in [4.78, 5) is 26.2. The number of aromatic amines is 1. The van der Waals surface area contributed by atoms with Crippen LogP contribution in [0.15, 0.2) is 17.5 Å². The standard InChI is InChI=1S/C21H28N8O2S/c1-14-12-17(27-26-14)24-20-19-16(4-11-32-19)23-21(25-20)22-15-2-5-29(6-3-15)18(30)13-28-7-9-31-10-8-28/h4,11-12,15H,2-3,5-10,13H2,1H3,(H3,22,23,24,25,26,27). The molecule has 1 amide bonds. The number of hydrogen-bond donors (Lipinski definition) is 3. The Morgan fingerprint density at radius 2 is 2.06 bits per heavy atom. The van der Waals surface area contributed by atoms with Gasteiger partial charge in [0.15, 0.2) is 11.6 Å². The van der Waals surface area contributed by atoms with Crippen molar-refractivity contribution in [2.45, 2.75) is 25.8 Å². The minimum atomic E-state index is 0.210. The predicted molar refractivity (Wildman–Crippen MR) is 125 cm³/mol. The average Bonchev–Trinajstić information content (AvgIpc) is 3.44. The first-order chi connectivity index (χ1) is 15.6. The topological polar surface area (TPSA) is 111 Å². The molecule has 3 aromatic rings. The van der Waals surface area contributed by atoms with E-state index < -0.39 is 0 Å². The van der Waals surface area contributed by atoms with E-state index in [1.54, 1.807) is 11.3 Å². The molecule has 2 saturated heterocycles. The highest BCUT2D eigenvalue weighted by atomic mass is 32.1. The fourth-order valence-electron chi connectivity index (χ4n) is 4.12. The lowest BCUT2D eigenvalue weighted by Crippen LogP contribution is -2.48. The van der Waals surface area contributed by atoms with Crippen molar-refractivity contribution in [2.75, 3.05) is 56.6 Å².